The normalized spacial score (nSPS) is 30.9. The van der Waals surface area contributed by atoms with E-state index in [1.54, 1.807) is 0 Å². The van der Waals surface area contributed by atoms with Crippen molar-refractivity contribution in [1.29, 1.82) is 0 Å². The number of rotatable bonds is 5. The number of para-hydroxylation sites is 1. The number of nitrogens with one attached hydrogen (secondary N) is 2. The second-order valence-electron chi connectivity index (χ2n) is 9.80. The zero-order valence-corrected chi connectivity index (χ0v) is 17.8. The summed E-state index contributed by atoms with van der Waals surface area (Å²) in [5, 5.41) is 7.29. The van der Waals surface area contributed by atoms with Gasteiger partial charge in [0.05, 0.1) is 0 Å². The average molecular weight is 397 g/mol. The Morgan fingerprint density at radius 2 is 1.79 bits per heavy atom. The van der Waals surface area contributed by atoms with Gasteiger partial charge in [0.1, 0.15) is 5.54 Å². The average Bonchev–Trinajstić information content (AvgIpc) is 3.46. The van der Waals surface area contributed by atoms with E-state index in [-0.39, 0.29) is 5.54 Å². The maximum atomic E-state index is 13.1. The van der Waals surface area contributed by atoms with Crippen LogP contribution in [0.1, 0.15) is 56.9 Å². The third kappa shape index (κ3) is 3.91. The summed E-state index contributed by atoms with van der Waals surface area (Å²) in [4.78, 5) is 18.2. The first-order chi connectivity index (χ1) is 14.1. The molecule has 3 heterocycles. The van der Waals surface area contributed by atoms with E-state index in [1.165, 1.54) is 49.8 Å². The quantitative estimate of drug-likeness (QED) is 0.804. The van der Waals surface area contributed by atoms with Crippen LogP contribution in [0.3, 0.4) is 0 Å². The van der Waals surface area contributed by atoms with Crippen molar-refractivity contribution in [1.82, 2.24) is 15.5 Å². The predicted octanol–water partition coefficient (Wildman–Crippen LogP) is 2.83. The smallest absolute Gasteiger partial charge is 0.240 e. The SMILES string of the molecule is Cc1ccccc1N1CCC(N[C@@H]2CN3CCCC[C@@]3(C(=O)NC3CC3)C2)CC1. The van der Waals surface area contributed by atoms with Crippen molar-refractivity contribution in [3.05, 3.63) is 29.8 Å². The molecule has 29 heavy (non-hydrogen) atoms. The van der Waals surface area contributed by atoms with E-state index in [9.17, 15) is 4.79 Å². The zero-order valence-electron chi connectivity index (χ0n) is 17.8. The first kappa shape index (κ1) is 19.4. The van der Waals surface area contributed by atoms with Gasteiger partial charge in [-0.25, -0.2) is 0 Å². The summed E-state index contributed by atoms with van der Waals surface area (Å²) in [5.74, 6) is 0.318. The van der Waals surface area contributed by atoms with Crippen molar-refractivity contribution in [2.75, 3.05) is 31.1 Å². The second-order valence-corrected chi connectivity index (χ2v) is 9.80. The summed E-state index contributed by atoms with van der Waals surface area (Å²) >= 11 is 0. The number of carbonyl (C=O) groups is 1. The Balaban J connectivity index is 1.18. The molecule has 0 aromatic heterocycles. The number of piperidine rings is 2. The molecule has 5 heteroatoms. The lowest BCUT2D eigenvalue weighted by Gasteiger charge is -2.40. The van der Waals surface area contributed by atoms with Crippen molar-refractivity contribution >= 4 is 11.6 Å². The fourth-order valence-corrected chi connectivity index (χ4v) is 5.88. The highest BCUT2D eigenvalue weighted by atomic mass is 16.2. The van der Waals surface area contributed by atoms with E-state index in [1.807, 2.05) is 0 Å². The van der Waals surface area contributed by atoms with Gasteiger partial charge in [-0.1, -0.05) is 18.2 Å². The molecule has 0 radical (unpaired) electrons. The zero-order chi connectivity index (χ0) is 19.8. The van der Waals surface area contributed by atoms with Crippen LogP contribution in [0.25, 0.3) is 0 Å². The molecule has 5 rings (SSSR count). The summed E-state index contributed by atoms with van der Waals surface area (Å²) < 4.78 is 0. The molecule has 3 saturated heterocycles. The Morgan fingerprint density at radius 3 is 2.55 bits per heavy atom. The van der Waals surface area contributed by atoms with Crippen LogP contribution in [0.2, 0.25) is 0 Å². The molecule has 1 aromatic rings. The Bertz CT molecular complexity index is 740. The van der Waals surface area contributed by atoms with Crippen molar-refractivity contribution in [3.8, 4) is 0 Å². The molecule has 4 aliphatic rings. The van der Waals surface area contributed by atoms with Gasteiger partial charge in [-0.2, -0.15) is 0 Å². The van der Waals surface area contributed by atoms with Crippen molar-refractivity contribution < 1.29 is 4.79 Å². The number of fused-ring (bicyclic) bond motifs is 1. The molecule has 1 amide bonds. The summed E-state index contributed by atoms with van der Waals surface area (Å²) in [6, 6.07) is 10.2. The van der Waals surface area contributed by atoms with Gasteiger partial charge in [0.25, 0.3) is 0 Å². The lowest BCUT2D eigenvalue weighted by Crippen LogP contribution is -2.57. The predicted molar refractivity (Wildman–Crippen MR) is 117 cm³/mol. The van der Waals surface area contributed by atoms with Gasteiger partial charge < -0.3 is 15.5 Å². The number of hydrogen-bond donors (Lipinski definition) is 2. The Kier molecular flexibility index (Phi) is 5.29. The fourth-order valence-electron chi connectivity index (χ4n) is 5.88. The highest BCUT2D eigenvalue weighted by Gasteiger charge is 2.52. The van der Waals surface area contributed by atoms with Gasteiger partial charge in [-0.3, -0.25) is 9.69 Å². The van der Waals surface area contributed by atoms with E-state index in [2.05, 4.69) is 51.6 Å². The maximum Gasteiger partial charge on any atom is 0.240 e. The van der Waals surface area contributed by atoms with Gasteiger partial charge >= 0.3 is 0 Å². The summed E-state index contributed by atoms with van der Waals surface area (Å²) in [6.45, 7) is 6.57. The minimum absolute atomic E-state index is 0.236. The number of hydrogen-bond acceptors (Lipinski definition) is 4. The van der Waals surface area contributed by atoms with E-state index in [0.29, 0.717) is 24.0 Å². The molecule has 158 valence electrons. The van der Waals surface area contributed by atoms with Crippen LogP contribution in [-0.4, -0.2) is 60.7 Å². The van der Waals surface area contributed by atoms with Crippen LogP contribution in [0.15, 0.2) is 24.3 Å². The molecular formula is C24H36N4O. The highest BCUT2D eigenvalue weighted by molar-refractivity contribution is 5.87. The van der Waals surface area contributed by atoms with Crippen LogP contribution < -0.4 is 15.5 Å². The Morgan fingerprint density at radius 1 is 1.00 bits per heavy atom. The van der Waals surface area contributed by atoms with E-state index >= 15 is 0 Å². The lowest BCUT2D eigenvalue weighted by molar-refractivity contribution is -0.134. The van der Waals surface area contributed by atoms with Crippen molar-refractivity contribution in [2.24, 2.45) is 0 Å². The molecule has 0 bridgehead atoms. The molecular weight excluding hydrogens is 360 g/mol. The molecule has 0 spiro atoms. The highest BCUT2D eigenvalue weighted by Crippen LogP contribution is 2.39. The van der Waals surface area contributed by atoms with Crippen LogP contribution in [0, 0.1) is 6.92 Å². The molecule has 4 fully saturated rings. The number of benzene rings is 1. The van der Waals surface area contributed by atoms with Gasteiger partial charge in [-0.05, 0) is 76.5 Å². The number of aryl methyl sites for hydroxylation is 1. The van der Waals surface area contributed by atoms with E-state index < -0.39 is 0 Å². The largest absolute Gasteiger partial charge is 0.371 e. The van der Waals surface area contributed by atoms with E-state index in [4.69, 9.17) is 0 Å². The minimum atomic E-state index is -0.236. The third-order valence-electron chi connectivity index (χ3n) is 7.66. The standard InChI is InChI=1S/C24H36N4O/c1-18-6-2-3-7-22(18)27-14-10-20(11-15-27)25-21-16-24(23(29)26-19-8-9-19)12-4-5-13-28(24)17-21/h2-3,6-7,19-21,25H,4-5,8-17H2,1H3,(H,26,29)/t21-,24-/m0/s1. The topological polar surface area (TPSA) is 47.6 Å². The molecule has 2 atom stereocenters. The Hall–Kier alpha value is -1.59. The molecule has 3 aliphatic heterocycles. The molecule has 1 aromatic carbocycles. The van der Waals surface area contributed by atoms with Gasteiger partial charge in [0.15, 0.2) is 0 Å². The molecule has 5 nitrogen and oxygen atoms in total. The van der Waals surface area contributed by atoms with Gasteiger partial charge in [0.2, 0.25) is 5.91 Å². The summed E-state index contributed by atoms with van der Waals surface area (Å²) in [5.41, 5.74) is 2.52. The monoisotopic (exact) mass is 396 g/mol. The summed E-state index contributed by atoms with van der Waals surface area (Å²) in [6.07, 6.45) is 9.17. The van der Waals surface area contributed by atoms with E-state index in [0.717, 1.165) is 39.0 Å². The summed E-state index contributed by atoms with van der Waals surface area (Å²) in [7, 11) is 0. The third-order valence-corrected chi connectivity index (χ3v) is 7.66. The number of nitrogens with zero attached hydrogens (tertiary/aromatic N) is 2. The van der Waals surface area contributed by atoms with Gasteiger partial charge in [-0.15, -0.1) is 0 Å². The minimum Gasteiger partial charge on any atom is -0.371 e. The Labute approximate surface area is 175 Å². The molecule has 2 N–H and O–H groups in total. The number of carbonyl (C=O) groups excluding carboxylic acids is 1. The maximum absolute atomic E-state index is 13.1. The molecule has 1 aliphatic carbocycles. The van der Waals surface area contributed by atoms with Crippen molar-refractivity contribution in [2.45, 2.75) is 82.0 Å². The lowest BCUT2D eigenvalue weighted by atomic mass is 9.84. The second kappa shape index (κ2) is 7.92. The number of amides is 1. The van der Waals surface area contributed by atoms with Gasteiger partial charge in [0, 0.05) is 43.4 Å². The molecule has 1 saturated carbocycles. The van der Waals surface area contributed by atoms with Crippen molar-refractivity contribution in [3.63, 3.8) is 0 Å². The molecule has 0 unspecified atom stereocenters. The first-order valence-corrected chi connectivity index (χ1v) is 11.8. The van der Waals surface area contributed by atoms with Crippen LogP contribution in [-0.2, 0) is 4.79 Å². The fraction of sp³-hybridized carbons (Fsp3) is 0.708. The van der Waals surface area contributed by atoms with Crippen LogP contribution >= 0.6 is 0 Å². The van der Waals surface area contributed by atoms with Crippen LogP contribution in [0.5, 0.6) is 0 Å². The van der Waals surface area contributed by atoms with Crippen LogP contribution in [0.4, 0.5) is 5.69 Å². The first-order valence-electron chi connectivity index (χ1n) is 11.8. The number of anilines is 1.